The molecular weight excluding hydrogens is 418 g/mol. The van der Waals surface area contributed by atoms with E-state index in [1.54, 1.807) is 12.1 Å². The lowest BCUT2D eigenvalue weighted by atomic mass is 9.79. The zero-order valence-electron chi connectivity index (χ0n) is 11.7. The molecule has 0 aliphatic rings. The van der Waals surface area contributed by atoms with Gasteiger partial charge >= 0.3 is 0 Å². The lowest BCUT2D eigenvalue weighted by molar-refractivity contribution is 0.541. The van der Waals surface area contributed by atoms with E-state index in [0.29, 0.717) is 0 Å². The fourth-order valence-electron chi connectivity index (χ4n) is 2.37. The molecule has 0 N–H and O–H groups in total. The number of hydrogen-bond donors (Lipinski definition) is 0. The standard InChI is InChI=1S/C17H16Br2ClF/c1-12-5-6-13(16(20)7-12)9-17(10-18,11-19)14-3-2-4-15(21)8-14/h2-8H,9-11H2,1H3. The molecule has 0 bridgehead atoms. The van der Waals surface area contributed by atoms with E-state index in [1.807, 2.05) is 19.1 Å². The van der Waals surface area contributed by atoms with Gasteiger partial charge in [0, 0.05) is 21.1 Å². The van der Waals surface area contributed by atoms with Gasteiger partial charge in [-0.15, -0.1) is 0 Å². The Morgan fingerprint density at radius 1 is 1.10 bits per heavy atom. The summed E-state index contributed by atoms with van der Waals surface area (Å²) in [5.41, 5.74) is 2.94. The number of rotatable bonds is 5. The van der Waals surface area contributed by atoms with Crippen molar-refractivity contribution in [2.75, 3.05) is 10.7 Å². The first kappa shape index (κ1) is 17.0. The van der Waals surface area contributed by atoms with E-state index in [4.69, 9.17) is 11.6 Å². The molecule has 2 aromatic carbocycles. The third kappa shape index (κ3) is 3.88. The quantitative estimate of drug-likeness (QED) is 0.502. The van der Waals surface area contributed by atoms with Crippen LogP contribution in [0.25, 0.3) is 0 Å². The normalized spacial score (nSPS) is 11.7. The van der Waals surface area contributed by atoms with Crippen LogP contribution in [0.15, 0.2) is 42.5 Å². The van der Waals surface area contributed by atoms with Gasteiger partial charge in [0.1, 0.15) is 5.82 Å². The molecule has 0 aliphatic carbocycles. The maximum Gasteiger partial charge on any atom is 0.123 e. The van der Waals surface area contributed by atoms with Gasteiger partial charge in [-0.3, -0.25) is 0 Å². The number of hydrogen-bond acceptors (Lipinski definition) is 0. The molecule has 0 amide bonds. The predicted molar refractivity (Wildman–Crippen MR) is 95.6 cm³/mol. The van der Waals surface area contributed by atoms with Crippen LogP contribution >= 0.6 is 43.5 Å². The molecule has 0 radical (unpaired) electrons. The van der Waals surface area contributed by atoms with Gasteiger partial charge in [-0.2, -0.15) is 0 Å². The van der Waals surface area contributed by atoms with Crippen LogP contribution in [0.4, 0.5) is 4.39 Å². The van der Waals surface area contributed by atoms with Crippen molar-refractivity contribution < 1.29 is 4.39 Å². The van der Waals surface area contributed by atoms with Crippen LogP contribution in [0.2, 0.25) is 5.02 Å². The fraction of sp³-hybridized carbons (Fsp3) is 0.294. The average molecular weight is 435 g/mol. The first-order valence-electron chi connectivity index (χ1n) is 6.64. The van der Waals surface area contributed by atoms with Crippen molar-refractivity contribution in [3.05, 3.63) is 70.0 Å². The maximum atomic E-state index is 13.6. The van der Waals surface area contributed by atoms with E-state index < -0.39 is 0 Å². The summed E-state index contributed by atoms with van der Waals surface area (Å²) >= 11 is 13.6. The molecule has 0 saturated heterocycles. The van der Waals surface area contributed by atoms with Crippen LogP contribution in [0.1, 0.15) is 16.7 Å². The van der Waals surface area contributed by atoms with Crippen molar-refractivity contribution in [1.82, 2.24) is 0 Å². The minimum Gasteiger partial charge on any atom is -0.207 e. The summed E-state index contributed by atoms with van der Waals surface area (Å²) in [6, 6.07) is 12.9. The van der Waals surface area contributed by atoms with Crippen LogP contribution in [0.3, 0.4) is 0 Å². The molecule has 2 aromatic rings. The van der Waals surface area contributed by atoms with Gasteiger partial charge in [0.2, 0.25) is 0 Å². The SMILES string of the molecule is Cc1ccc(CC(CBr)(CBr)c2cccc(F)c2)c(Cl)c1. The second-order valence-corrected chi connectivity index (χ2v) is 6.86. The maximum absolute atomic E-state index is 13.6. The second kappa shape index (κ2) is 7.26. The highest BCUT2D eigenvalue weighted by Gasteiger charge is 2.31. The lowest BCUT2D eigenvalue weighted by Crippen LogP contribution is -2.33. The number of halogens is 4. The Labute approximate surface area is 147 Å². The van der Waals surface area contributed by atoms with Gasteiger partial charge < -0.3 is 0 Å². The van der Waals surface area contributed by atoms with Gasteiger partial charge in [0.25, 0.3) is 0 Å². The molecule has 112 valence electrons. The van der Waals surface area contributed by atoms with E-state index in [0.717, 1.165) is 38.8 Å². The van der Waals surface area contributed by atoms with Crippen LogP contribution < -0.4 is 0 Å². The summed E-state index contributed by atoms with van der Waals surface area (Å²) < 4.78 is 13.6. The van der Waals surface area contributed by atoms with E-state index >= 15 is 0 Å². The predicted octanol–water partition coefficient (Wildman–Crippen LogP) is 6.06. The zero-order valence-corrected chi connectivity index (χ0v) is 15.6. The molecule has 0 saturated carbocycles. The van der Waals surface area contributed by atoms with E-state index in [-0.39, 0.29) is 11.2 Å². The van der Waals surface area contributed by atoms with Gasteiger partial charge in [0.05, 0.1) is 0 Å². The highest BCUT2D eigenvalue weighted by molar-refractivity contribution is 9.09. The molecule has 0 aromatic heterocycles. The van der Waals surface area contributed by atoms with E-state index in [1.165, 1.54) is 6.07 Å². The molecule has 0 aliphatic heterocycles. The first-order valence-corrected chi connectivity index (χ1v) is 9.26. The van der Waals surface area contributed by atoms with Gasteiger partial charge in [-0.25, -0.2) is 4.39 Å². The summed E-state index contributed by atoms with van der Waals surface area (Å²) in [4.78, 5) is 0. The Morgan fingerprint density at radius 2 is 1.81 bits per heavy atom. The smallest absolute Gasteiger partial charge is 0.123 e. The van der Waals surface area contributed by atoms with Crippen molar-refractivity contribution in [3.8, 4) is 0 Å². The van der Waals surface area contributed by atoms with Crippen LogP contribution in [-0.2, 0) is 11.8 Å². The zero-order chi connectivity index (χ0) is 15.5. The van der Waals surface area contributed by atoms with Gasteiger partial charge in [0.15, 0.2) is 0 Å². The summed E-state index contributed by atoms with van der Waals surface area (Å²) in [5, 5.41) is 2.20. The minimum absolute atomic E-state index is 0.214. The first-order chi connectivity index (χ1) is 10.0. The number of benzene rings is 2. The monoisotopic (exact) mass is 432 g/mol. The van der Waals surface area contributed by atoms with Crippen LogP contribution in [0.5, 0.6) is 0 Å². The summed E-state index contributed by atoms with van der Waals surface area (Å²) in [7, 11) is 0. The highest BCUT2D eigenvalue weighted by Crippen LogP contribution is 2.35. The average Bonchev–Trinajstić information content (AvgIpc) is 2.47. The third-order valence-electron chi connectivity index (χ3n) is 3.69. The van der Waals surface area contributed by atoms with Crippen LogP contribution in [-0.4, -0.2) is 10.7 Å². The topological polar surface area (TPSA) is 0 Å². The van der Waals surface area contributed by atoms with Crippen molar-refractivity contribution >= 4 is 43.5 Å². The lowest BCUT2D eigenvalue weighted by Gasteiger charge is -2.31. The number of alkyl halides is 2. The second-order valence-electron chi connectivity index (χ2n) is 5.33. The Morgan fingerprint density at radius 3 is 2.38 bits per heavy atom. The van der Waals surface area contributed by atoms with Crippen molar-refractivity contribution in [2.45, 2.75) is 18.8 Å². The summed E-state index contributed by atoms with van der Waals surface area (Å²) in [6.45, 7) is 2.02. The highest BCUT2D eigenvalue weighted by atomic mass is 79.9. The Hall–Kier alpha value is -0.380. The molecule has 2 rings (SSSR count). The molecular formula is C17H16Br2ClF. The Balaban J connectivity index is 2.43. The minimum atomic E-state index is -0.235. The molecule has 0 nitrogen and oxygen atoms in total. The number of aryl methyl sites for hydroxylation is 1. The van der Waals surface area contributed by atoms with Crippen LogP contribution in [0, 0.1) is 12.7 Å². The van der Waals surface area contributed by atoms with E-state index in [9.17, 15) is 4.39 Å². The molecule has 0 spiro atoms. The summed E-state index contributed by atoms with van der Waals surface area (Å²) in [6.07, 6.45) is 0.742. The summed E-state index contributed by atoms with van der Waals surface area (Å²) in [5.74, 6) is -0.214. The van der Waals surface area contributed by atoms with Crippen molar-refractivity contribution in [2.24, 2.45) is 0 Å². The largest absolute Gasteiger partial charge is 0.207 e. The Bertz CT molecular complexity index is 624. The molecule has 21 heavy (non-hydrogen) atoms. The van der Waals surface area contributed by atoms with Crippen molar-refractivity contribution in [3.63, 3.8) is 0 Å². The molecule has 0 atom stereocenters. The molecule has 0 heterocycles. The van der Waals surface area contributed by atoms with E-state index in [2.05, 4.69) is 44.0 Å². The fourth-order valence-corrected chi connectivity index (χ4v) is 4.64. The molecule has 4 heteroatoms. The van der Waals surface area contributed by atoms with Gasteiger partial charge in [-0.05, 0) is 48.2 Å². The molecule has 0 fully saturated rings. The van der Waals surface area contributed by atoms with Crippen molar-refractivity contribution in [1.29, 1.82) is 0 Å². The Kier molecular flexibility index (Phi) is 5.87. The third-order valence-corrected chi connectivity index (χ3v) is 6.18. The van der Waals surface area contributed by atoms with Gasteiger partial charge in [-0.1, -0.05) is 67.7 Å². The molecule has 0 unspecified atom stereocenters.